The Balaban J connectivity index is 4.55. The van der Waals surface area contributed by atoms with E-state index in [1.165, 1.54) is 0 Å². The molecule has 21 heavy (non-hydrogen) atoms. The molecule has 0 saturated heterocycles. The Morgan fingerprint density at radius 2 is 1.62 bits per heavy atom. The first-order valence-electron chi connectivity index (χ1n) is 7.31. The summed E-state index contributed by atoms with van der Waals surface area (Å²) in [6, 6.07) is -0.974. The second-order valence-corrected chi connectivity index (χ2v) is 11.6. The van der Waals surface area contributed by atoms with Gasteiger partial charge < -0.3 is 0 Å². The average Bonchev–Trinajstić information content (AvgIpc) is 2.35. The van der Waals surface area contributed by atoms with Crippen LogP contribution in [0.25, 0.3) is 0 Å². The molecule has 0 aromatic rings. The molecule has 0 aliphatic rings. The topological polar surface area (TPSA) is 81.7 Å². The molecule has 0 bridgehead atoms. The van der Waals surface area contributed by atoms with Crippen LogP contribution in [0.2, 0.25) is 0 Å². The summed E-state index contributed by atoms with van der Waals surface area (Å²) in [5, 5.41) is 2.57. The van der Waals surface area contributed by atoms with Crippen molar-refractivity contribution in [2.45, 2.75) is 32.7 Å². The van der Waals surface area contributed by atoms with Crippen LogP contribution in [-0.4, -0.2) is 63.3 Å². The number of hydrogen-bond donors (Lipinski definition) is 1. The molecule has 0 aromatic carbocycles. The summed E-state index contributed by atoms with van der Waals surface area (Å²) in [5.41, 5.74) is 0. The first-order chi connectivity index (χ1) is 9.69. The number of carbonyl (C=O) groups is 3. The molecule has 0 saturated carbocycles. The molecule has 0 fully saturated rings. The number of ether oxygens (including phenoxy) is 2. The fourth-order valence-corrected chi connectivity index (χ4v) is 2.55. The predicted molar refractivity (Wildman–Crippen MR) is 85.4 cm³/mol. The van der Waals surface area contributed by atoms with Crippen molar-refractivity contribution < 1.29 is 23.9 Å². The molecule has 1 N–H and O–H groups in total. The molecule has 1 unspecified atom stereocenters. The molecule has 6 nitrogen and oxygen atoms in total. The molecule has 7 heteroatoms. The third-order valence-electron chi connectivity index (χ3n) is 2.68. The first kappa shape index (κ1) is 19.8. The van der Waals surface area contributed by atoms with Crippen molar-refractivity contribution in [1.29, 1.82) is 0 Å². The van der Waals surface area contributed by atoms with E-state index in [1.807, 2.05) is 0 Å². The van der Waals surface area contributed by atoms with Gasteiger partial charge in [-0.2, -0.15) is 0 Å². The van der Waals surface area contributed by atoms with E-state index in [9.17, 15) is 14.4 Å². The third-order valence-corrected chi connectivity index (χ3v) is 4.43. The van der Waals surface area contributed by atoms with Gasteiger partial charge in [0.1, 0.15) is 0 Å². The van der Waals surface area contributed by atoms with Crippen molar-refractivity contribution in [2.24, 2.45) is 0 Å². The van der Waals surface area contributed by atoms with Crippen molar-refractivity contribution >= 4 is 25.1 Å². The van der Waals surface area contributed by atoms with Gasteiger partial charge in [0.2, 0.25) is 0 Å². The summed E-state index contributed by atoms with van der Waals surface area (Å²) in [6.45, 7) is 10.3. The van der Waals surface area contributed by atoms with Gasteiger partial charge in [0.05, 0.1) is 0 Å². The van der Waals surface area contributed by atoms with Crippen molar-refractivity contribution in [3.63, 3.8) is 0 Å². The minimum atomic E-state index is -1.33. The van der Waals surface area contributed by atoms with E-state index in [1.54, 1.807) is 13.8 Å². The predicted octanol–water partition coefficient (Wildman–Crippen LogP) is 1.02. The quantitative estimate of drug-likeness (QED) is 0.506. The normalized spacial score (nSPS) is 13.2. The molecule has 1 amide bonds. The monoisotopic (exact) mass is 321 g/mol. The van der Waals surface area contributed by atoms with Gasteiger partial charge in [0.15, 0.2) is 0 Å². The number of rotatable bonds is 9. The van der Waals surface area contributed by atoms with Gasteiger partial charge >= 0.3 is 126 Å². The number of amides is 1. The van der Waals surface area contributed by atoms with Crippen LogP contribution in [0.4, 0.5) is 0 Å². The standard InChI is InChI=1S/C14H28NO5P/c1-6-19-13(17)10-11(14(18)20-7-2)15-12(16)8-9-21(3,4)5/h11,21H,6-10H2,1-5H3,(H,15,16). The number of carbonyl (C=O) groups excluding carboxylic acids is 3. The second-order valence-electron chi connectivity index (χ2n) is 5.94. The number of esters is 2. The minimum absolute atomic E-state index is 0.197. The Kier molecular flexibility index (Phi) is 9.18. The Hall–Kier alpha value is -1.16. The zero-order chi connectivity index (χ0) is 16.5. The van der Waals surface area contributed by atoms with Crippen LogP contribution in [0.1, 0.15) is 26.7 Å². The van der Waals surface area contributed by atoms with E-state index in [2.05, 4.69) is 25.3 Å². The third kappa shape index (κ3) is 10.2. The summed E-state index contributed by atoms with van der Waals surface area (Å²) in [4.78, 5) is 35.2. The van der Waals surface area contributed by atoms with E-state index in [4.69, 9.17) is 9.47 Å². The van der Waals surface area contributed by atoms with Gasteiger partial charge in [-0.05, 0) is 0 Å². The van der Waals surface area contributed by atoms with Crippen LogP contribution in [0.5, 0.6) is 0 Å². The SMILES string of the molecule is CCOC(=O)CC(NC(=O)CC[PH](C)(C)C)C(=O)OCC. The van der Waals surface area contributed by atoms with Crippen LogP contribution in [0.3, 0.4) is 0 Å². The molecule has 0 radical (unpaired) electrons. The van der Waals surface area contributed by atoms with E-state index >= 15 is 0 Å². The van der Waals surface area contributed by atoms with Gasteiger partial charge in [-0.25, -0.2) is 0 Å². The molecule has 0 aromatic heterocycles. The molecule has 0 heterocycles. The molecule has 0 aliphatic carbocycles. The molecule has 1 atom stereocenters. The fraction of sp³-hybridized carbons (Fsp3) is 0.786. The molecule has 0 rings (SSSR count). The first-order valence-corrected chi connectivity index (χ1v) is 11.0. The van der Waals surface area contributed by atoms with Crippen LogP contribution in [0, 0.1) is 0 Å². The average molecular weight is 321 g/mol. The molecule has 124 valence electrons. The Morgan fingerprint density at radius 3 is 2.10 bits per heavy atom. The van der Waals surface area contributed by atoms with Gasteiger partial charge in [-0.3, -0.25) is 0 Å². The molecule has 0 spiro atoms. The number of nitrogens with one attached hydrogen (secondary N) is 1. The molecular formula is C14H28NO5P. The summed E-state index contributed by atoms with van der Waals surface area (Å²) in [5.74, 6) is -1.37. The Morgan fingerprint density at radius 1 is 1.05 bits per heavy atom. The van der Waals surface area contributed by atoms with Crippen molar-refractivity contribution in [3.05, 3.63) is 0 Å². The summed E-state index contributed by atoms with van der Waals surface area (Å²) in [7, 11) is -1.33. The van der Waals surface area contributed by atoms with Crippen molar-refractivity contribution in [2.75, 3.05) is 39.4 Å². The van der Waals surface area contributed by atoms with Crippen LogP contribution >= 0.6 is 7.26 Å². The van der Waals surface area contributed by atoms with Crippen LogP contribution in [0.15, 0.2) is 0 Å². The summed E-state index contributed by atoms with van der Waals surface area (Å²) >= 11 is 0. The second kappa shape index (κ2) is 9.72. The van der Waals surface area contributed by atoms with Gasteiger partial charge in [0, 0.05) is 0 Å². The maximum absolute atomic E-state index is 11.9. The van der Waals surface area contributed by atoms with E-state index in [-0.39, 0.29) is 25.5 Å². The van der Waals surface area contributed by atoms with E-state index in [0.29, 0.717) is 6.42 Å². The molecular weight excluding hydrogens is 293 g/mol. The Bertz CT molecular complexity index is 365. The zero-order valence-electron chi connectivity index (χ0n) is 13.7. The Labute approximate surface area is 127 Å². The number of hydrogen-bond acceptors (Lipinski definition) is 5. The summed E-state index contributed by atoms with van der Waals surface area (Å²) in [6.07, 6.45) is 0.980. The van der Waals surface area contributed by atoms with Gasteiger partial charge in [-0.1, -0.05) is 0 Å². The van der Waals surface area contributed by atoms with Crippen molar-refractivity contribution in [1.82, 2.24) is 5.32 Å². The summed E-state index contributed by atoms with van der Waals surface area (Å²) < 4.78 is 9.68. The maximum atomic E-state index is 11.9. The van der Waals surface area contributed by atoms with E-state index < -0.39 is 25.2 Å². The zero-order valence-corrected chi connectivity index (χ0v) is 14.7. The van der Waals surface area contributed by atoms with Gasteiger partial charge in [0.25, 0.3) is 0 Å². The van der Waals surface area contributed by atoms with Crippen LogP contribution < -0.4 is 5.32 Å². The van der Waals surface area contributed by atoms with Crippen molar-refractivity contribution in [3.8, 4) is 0 Å². The van der Waals surface area contributed by atoms with Crippen LogP contribution in [-0.2, 0) is 23.9 Å². The fourth-order valence-electron chi connectivity index (χ4n) is 1.58. The van der Waals surface area contributed by atoms with E-state index in [0.717, 1.165) is 6.16 Å². The van der Waals surface area contributed by atoms with Gasteiger partial charge in [-0.15, -0.1) is 0 Å². The molecule has 0 aliphatic heterocycles.